The molecule has 4 aliphatic rings. The number of hydrogen-bond donors (Lipinski definition) is 2. The van der Waals surface area contributed by atoms with Crippen LogP contribution in [-0.2, 0) is 16.0 Å². The molecule has 0 aromatic heterocycles. The molecule has 2 aliphatic heterocycles. The van der Waals surface area contributed by atoms with Gasteiger partial charge in [-0.3, -0.25) is 9.79 Å². The van der Waals surface area contributed by atoms with Crippen LogP contribution in [0.3, 0.4) is 0 Å². The van der Waals surface area contributed by atoms with Gasteiger partial charge in [0.2, 0.25) is 5.91 Å². The summed E-state index contributed by atoms with van der Waals surface area (Å²) in [7, 11) is 0. The van der Waals surface area contributed by atoms with Crippen LogP contribution in [0.4, 0.5) is 0 Å². The van der Waals surface area contributed by atoms with Crippen LogP contribution in [0, 0.1) is 17.3 Å². The van der Waals surface area contributed by atoms with Crippen LogP contribution in [0.5, 0.6) is 0 Å². The van der Waals surface area contributed by atoms with Crippen LogP contribution in [0.15, 0.2) is 35.3 Å². The van der Waals surface area contributed by atoms with Crippen molar-refractivity contribution in [2.24, 2.45) is 22.2 Å². The zero-order valence-electron chi connectivity index (χ0n) is 19.8. The molecule has 2 heterocycles. The van der Waals surface area contributed by atoms with E-state index in [2.05, 4.69) is 41.8 Å². The number of halogens is 1. The van der Waals surface area contributed by atoms with Gasteiger partial charge in [0, 0.05) is 62.5 Å². The average Bonchev–Trinajstić information content (AvgIpc) is 3.54. The van der Waals surface area contributed by atoms with Crippen molar-refractivity contribution >= 4 is 35.8 Å². The van der Waals surface area contributed by atoms with E-state index in [1.54, 1.807) is 0 Å². The standard InChI is InChI=1S/C26H38N4O2.HI/c1-2-27-25(29-23-21-11-15-32-24(21)26(23)12-6-7-13-26)28-17-20-16-22(31)30(18-20)14-10-19-8-4-3-5-9-19;/h3-5,8-9,20-21,23-24H,2,6-7,10-18H2,1H3,(H2,27,28,29);1H. The van der Waals surface area contributed by atoms with E-state index in [0.29, 0.717) is 42.4 Å². The molecule has 4 unspecified atom stereocenters. The van der Waals surface area contributed by atoms with Gasteiger partial charge in [-0.15, -0.1) is 24.0 Å². The zero-order valence-corrected chi connectivity index (χ0v) is 22.1. The summed E-state index contributed by atoms with van der Waals surface area (Å²) in [6, 6.07) is 10.9. The van der Waals surface area contributed by atoms with Crippen molar-refractivity contribution < 1.29 is 9.53 Å². The molecule has 1 aromatic rings. The second kappa shape index (κ2) is 10.9. The highest BCUT2D eigenvalue weighted by Crippen LogP contribution is 2.60. The van der Waals surface area contributed by atoms with Gasteiger partial charge in [0.05, 0.1) is 6.10 Å². The second-order valence-corrected chi connectivity index (χ2v) is 10.2. The van der Waals surface area contributed by atoms with E-state index in [0.717, 1.165) is 45.0 Å². The van der Waals surface area contributed by atoms with E-state index in [9.17, 15) is 4.79 Å². The van der Waals surface area contributed by atoms with Gasteiger partial charge in [-0.2, -0.15) is 0 Å². The lowest BCUT2D eigenvalue weighted by atomic mass is 9.54. The van der Waals surface area contributed by atoms with E-state index in [4.69, 9.17) is 9.73 Å². The number of likely N-dealkylation sites (tertiary alicyclic amines) is 1. The molecule has 7 heteroatoms. The van der Waals surface area contributed by atoms with E-state index in [1.807, 2.05) is 11.0 Å². The lowest BCUT2D eigenvalue weighted by molar-refractivity contribution is -0.127. The Morgan fingerprint density at radius 2 is 2.03 bits per heavy atom. The maximum Gasteiger partial charge on any atom is 0.223 e. The lowest BCUT2D eigenvalue weighted by Crippen LogP contribution is -2.69. The van der Waals surface area contributed by atoms with Crippen molar-refractivity contribution in [1.29, 1.82) is 0 Å². The van der Waals surface area contributed by atoms with Crippen molar-refractivity contribution in [3.8, 4) is 0 Å². The zero-order chi connectivity index (χ0) is 22.0. The first-order chi connectivity index (χ1) is 15.7. The minimum atomic E-state index is 0. The first kappa shape index (κ1) is 24.8. The number of benzene rings is 1. The molecule has 33 heavy (non-hydrogen) atoms. The third kappa shape index (κ3) is 5.04. The van der Waals surface area contributed by atoms with E-state index < -0.39 is 0 Å². The fourth-order valence-corrected chi connectivity index (χ4v) is 6.69. The van der Waals surface area contributed by atoms with Gasteiger partial charge >= 0.3 is 0 Å². The summed E-state index contributed by atoms with van der Waals surface area (Å²) in [4.78, 5) is 19.5. The Morgan fingerprint density at radius 3 is 2.79 bits per heavy atom. The van der Waals surface area contributed by atoms with Crippen molar-refractivity contribution in [1.82, 2.24) is 15.5 Å². The average molecular weight is 567 g/mol. The Balaban J connectivity index is 0.00000259. The number of nitrogens with zero attached hydrogens (tertiary/aromatic N) is 2. The summed E-state index contributed by atoms with van der Waals surface area (Å²) in [5.41, 5.74) is 1.60. The summed E-state index contributed by atoms with van der Waals surface area (Å²) in [6.07, 6.45) is 8.35. The molecule has 1 spiro atoms. The minimum Gasteiger partial charge on any atom is -0.377 e. The number of rotatable bonds is 7. The lowest BCUT2D eigenvalue weighted by Gasteiger charge is -2.57. The highest BCUT2D eigenvalue weighted by Gasteiger charge is 2.65. The predicted molar refractivity (Wildman–Crippen MR) is 142 cm³/mol. The van der Waals surface area contributed by atoms with Crippen LogP contribution >= 0.6 is 24.0 Å². The third-order valence-electron chi connectivity index (χ3n) is 8.24. The number of amides is 1. The molecule has 6 nitrogen and oxygen atoms in total. The largest absolute Gasteiger partial charge is 0.377 e. The van der Waals surface area contributed by atoms with Crippen molar-refractivity contribution in [2.45, 2.75) is 64.0 Å². The molecule has 2 saturated carbocycles. The van der Waals surface area contributed by atoms with Gasteiger partial charge in [-0.25, -0.2) is 0 Å². The maximum absolute atomic E-state index is 12.5. The summed E-state index contributed by atoms with van der Waals surface area (Å²) in [5, 5.41) is 7.27. The van der Waals surface area contributed by atoms with Crippen molar-refractivity contribution in [2.75, 3.05) is 32.8 Å². The second-order valence-electron chi connectivity index (χ2n) is 10.2. The topological polar surface area (TPSA) is 66.0 Å². The molecule has 2 N–H and O–H groups in total. The molecule has 4 atom stereocenters. The number of aliphatic imine (C=N–C) groups is 1. The first-order valence-electron chi connectivity index (χ1n) is 12.7. The summed E-state index contributed by atoms with van der Waals surface area (Å²) in [5.74, 6) is 2.12. The van der Waals surface area contributed by atoms with Gasteiger partial charge in [0.25, 0.3) is 0 Å². The summed E-state index contributed by atoms with van der Waals surface area (Å²) >= 11 is 0. The fourth-order valence-electron chi connectivity index (χ4n) is 6.69. The fraction of sp³-hybridized carbons (Fsp3) is 0.692. The van der Waals surface area contributed by atoms with Gasteiger partial charge in [-0.1, -0.05) is 43.2 Å². The molecule has 2 saturated heterocycles. The van der Waals surface area contributed by atoms with E-state index >= 15 is 0 Å². The molecule has 0 bridgehead atoms. The SMILES string of the molecule is CCNC(=NCC1CC(=O)N(CCc2ccccc2)C1)NC1C2CCOC2C12CCCC2.I. The smallest absolute Gasteiger partial charge is 0.223 e. The van der Waals surface area contributed by atoms with Gasteiger partial charge in [0.1, 0.15) is 0 Å². The van der Waals surface area contributed by atoms with Crippen LogP contribution in [0.25, 0.3) is 0 Å². The molecule has 5 rings (SSSR count). The molecule has 4 fully saturated rings. The number of fused-ring (bicyclic) bond motifs is 2. The molecular formula is C26H39IN4O2. The van der Waals surface area contributed by atoms with Crippen LogP contribution < -0.4 is 10.6 Å². The first-order valence-corrected chi connectivity index (χ1v) is 12.7. The minimum absolute atomic E-state index is 0. The van der Waals surface area contributed by atoms with Crippen molar-refractivity contribution in [3.05, 3.63) is 35.9 Å². The summed E-state index contributed by atoms with van der Waals surface area (Å²) < 4.78 is 6.14. The quantitative estimate of drug-likeness (QED) is 0.301. The monoisotopic (exact) mass is 566 g/mol. The molecule has 0 radical (unpaired) electrons. The van der Waals surface area contributed by atoms with Gasteiger partial charge in [0.15, 0.2) is 5.96 Å². The maximum atomic E-state index is 12.5. The number of carbonyl (C=O) groups excluding carboxylic acids is 1. The Kier molecular flexibility index (Phi) is 8.20. The number of ether oxygens (including phenoxy) is 1. The molecule has 182 valence electrons. The van der Waals surface area contributed by atoms with Gasteiger partial charge in [-0.05, 0) is 38.2 Å². The Bertz CT molecular complexity index is 827. The van der Waals surface area contributed by atoms with Crippen molar-refractivity contribution in [3.63, 3.8) is 0 Å². The Hall–Kier alpha value is -1.35. The molecule has 1 aromatic carbocycles. The highest BCUT2D eigenvalue weighted by atomic mass is 127. The van der Waals surface area contributed by atoms with Crippen LogP contribution in [0.1, 0.15) is 51.0 Å². The Labute approximate surface area is 215 Å². The highest BCUT2D eigenvalue weighted by molar-refractivity contribution is 14.0. The van der Waals surface area contributed by atoms with Crippen LogP contribution in [0.2, 0.25) is 0 Å². The number of guanidine groups is 1. The molecular weight excluding hydrogens is 527 g/mol. The predicted octanol–water partition coefficient (Wildman–Crippen LogP) is 3.60. The molecule has 1 amide bonds. The number of carbonyl (C=O) groups is 1. The van der Waals surface area contributed by atoms with E-state index in [1.165, 1.54) is 31.2 Å². The number of nitrogens with one attached hydrogen (secondary N) is 2. The van der Waals surface area contributed by atoms with E-state index in [-0.39, 0.29) is 29.9 Å². The van der Waals surface area contributed by atoms with Gasteiger partial charge < -0.3 is 20.3 Å². The normalized spacial score (nSPS) is 30.2. The third-order valence-corrected chi connectivity index (χ3v) is 8.24. The number of hydrogen-bond acceptors (Lipinski definition) is 3. The summed E-state index contributed by atoms with van der Waals surface area (Å²) in [6.45, 7) is 6.20. The van der Waals surface area contributed by atoms with Crippen LogP contribution in [-0.4, -0.2) is 61.7 Å². The molecule has 2 aliphatic carbocycles. The Morgan fingerprint density at radius 1 is 1.24 bits per heavy atom.